The van der Waals surface area contributed by atoms with Crippen molar-refractivity contribution in [1.82, 2.24) is 25.6 Å². The number of aromatic nitrogens is 5. The normalized spacial score (nSPS) is 10.3. The molecular weight excluding hydrogens is 364 g/mol. The van der Waals surface area contributed by atoms with E-state index >= 15 is 0 Å². The predicted molar refractivity (Wildman–Crippen MR) is 84.8 cm³/mol. The minimum absolute atomic E-state index is 0.182. The van der Waals surface area contributed by atoms with Gasteiger partial charge in [0, 0.05) is 11.8 Å². The molecule has 1 amide bonds. The number of aromatic amines is 1. The van der Waals surface area contributed by atoms with Gasteiger partial charge in [-0.05, 0) is 40.2 Å². The topological polar surface area (TPSA) is 106 Å². The Kier molecular flexibility index (Phi) is 4.57. The molecule has 0 spiro atoms. The van der Waals surface area contributed by atoms with Gasteiger partial charge in [0.15, 0.2) is 6.61 Å². The molecule has 116 valence electrons. The number of amides is 1. The number of H-pyrrole nitrogens is 1. The minimum Gasteiger partial charge on any atom is -0.485 e. The molecule has 0 unspecified atom stereocenters. The second kappa shape index (κ2) is 6.97. The Balaban J connectivity index is 1.66. The molecule has 0 atom stereocenters. The van der Waals surface area contributed by atoms with Crippen LogP contribution in [0.15, 0.2) is 47.1 Å². The Morgan fingerprint density at radius 1 is 1.26 bits per heavy atom. The number of nitrogens with one attached hydrogen (secondary N) is 2. The summed E-state index contributed by atoms with van der Waals surface area (Å²) in [5, 5.41) is 16.2. The van der Waals surface area contributed by atoms with Crippen molar-refractivity contribution in [3.63, 3.8) is 0 Å². The van der Waals surface area contributed by atoms with Crippen molar-refractivity contribution in [1.29, 1.82) is 0 Å². The highest BCUT2D eigenvalue weighted by Crippen LogP contribution is 2.19. The van der Waals surface area contributed by atoms with Gasteiger partial charge in [-0.3, -0.25) is 4.79 Å². The highest BCUT2D eigenvalue weighted by Gasteiger charge is 2.09. The van der Waals surface area contributed by atoms with Crippen molar-refractivity contribution in [3.8, 4) is 5.75 Å². The number of rotatable bonds is 5. The van der Waals surface area contributed by atoms with Crippen molar-refractivity contribution in [2.24, 2.45) is 0 Å². The summed E-state index contributed by atoms with van der Waals surface area (Å²) in [6.07, 6.45) is 0. The van der Waals surface area contributed by atoms with Crippen LogP contribution in [-0.4, -0.2) is 31.5 Å². The SMILES string of the molecule is O=C(Nc1cccc(OCc2nn[nH]n2)c1)c1cccc(Br)n1. The van der Waals surface area contributed by atoms with Gasteiger partial charge in [0.05, 0.1) is 0 Å². The van der Waals surface area contributed by atoms with E-state index in [-0.39, 0.29) is 12.5 Å². The van der Waals surface area contributed by atoms with Crippen LogP contribution < -0.4 is 10.1 Å². The molecule has 0 aliphatic rings. The molecule has 0 bridgehead atoms. The molecule has 0 saturated heterocycles. The van der Waals surface area contributed by atoms with Crippen LogP contribution in [0.5, 0.6) is 5.75 Å². The van der Waals surface area contributed by atoms with Crippen LogP contribution in [0.3, 0.4) is 0 Å². The van der Waals surface area contributed by atoms with Crippen LogP contribution in [0.4, 0.5) is 5.69 Å². The number of hydrogen-bond donors (Lipinski definition) is 2. The summed E-state index contributed by atoms with van der Waals surface area (Å²) in [7, 11) is 0. The molecule has 0 fully saturated rings. The van der Waals surface area contributed by atoms with Crippen LogP contribution >= 0.6 is 15.9 Å². The summed E-state index contributed by atoms with van der Waals surface area (Å²) in [4.78, 5) is 16.3. The Hall–Kier alpha value is -2.81. The van der Waals surface area contributed by atoms with Crippen LogP contribution in [0, 0.1) is 0 Å². The molecule has 0 radical (unpaired) electrons. The number of pyridine rings is 1. The Labute approximate surface area is 139 Å². The molecule has 23 heavy (non-hydrogen) atoms. The first kappa shape index (κ1) is 15.1. The number of tetrazole rings is 1. The Bertz CT molecular complexity index is 809. The van der Waals surface area contributed by atoms with E-state index in [0.29, 0.717) is 27.6 Å². The highest BCUT2D eigenvalue weighted by atomic mass is 79.9. The molecule has 0 saturated carbocycles. The molecule has 0 aliphatic carbocycles. The van der Waals surface area contributed by atoms with E-state index in [9.17, 15) is 4.79 Å². The third kappa shape index (κ3) is 4.10. The van der Waals surface area contributed by atoms with Gasteiger partial charge in [-0.15, -0.1) is 10.2 Å². The third-order valence-corrected chi connectivity index (χ3v) is 3.24. The number of carbonyl (C=O) groups is 1. The number of anilines is 1. The number of halogens is 1. The van der Waals surface area contributed by atoms with Gasteiger partial charge in [-0.1, -0.05) is 17.3 Å². The maximum Gasteiger partial charge on any atom is 0.274 e. The zero-order valence-electron chi connectivity index (χ0n) is 11.7. The van der Waals surface area contributed by atoms with Gasteiger partial charge in [0.2, 0.25) is 5.82 Å². The lowest BCUT2D eigenvalue weighted by Crippen LogP contribution is -2.13. The van der Waals surface area contributed by atoms with E-state index in [1.54, 1.807) is 42.5 Å². The fourth-order valence-corrected chi connectivity index (χ4v) is 2.13. The summed E-state index contributed by atoms with van der Waals surface area (Å²) in [5.41, 5.74) is 0.917. The lowest BCUT2D eigenvalue weighted by molar-refractivity contribution is 0.102. The third-order valence-electron chi connectivity index (χ3n) is 2.80. The van der Waals surface area contributed by atoms with Crippen molar-refractivity contribution < 1.29 is 9.53 Å². The summed E-state index contributed by atoms with van der Waals surface area (Å²) in [6.45, 7) is 0.182. The predicted octanol–water partition coefficient (Wildman–Crippen LogP) is 2.19. The van der Waals surface area contributed by atoms with E-state index in [1.165, 1.54) is 0 Å². The minimum atomic E-state index is -0.304. The summed E-state index contributed by atoms with van der Waals surface area (Å²) in [5.74, 6) is 0.717. The van der Waals surface area contributed by atoms with E-state index < -0.39 is 0 Å². The lowest BCUT2D eigenvalue weighted by atomic mass is 10.2. The Morgan fingerprint density at radius 3 is 2.91 bits per heavy atom. The van der Waals surface area contributed by atoms with E-state index in [0.717, 1.165) is 0 Å². The van der Waals surface area contributed by atoms with Crippen molar-refractivity contribution in [2.75, 3.05) is 5.32 Å². The first-order chi connectivity index (χ1) is 11.2. The van der Waals surface area contributed by atoms with Gasteiger partial charge in [-0.2, -0.15) is 5.21 Å². The first-order valence-electron chi connectivity index (χ1n) is 6.60. The summed E-state index contributed by atoms with van der Waals surface area (Å²) >= 11 is 3.24. The van der Waals surface area contributed by atoms with Gasteiger partial charge in [0.25, 0.3) is 5.91 Å². The van der Waals surface area contributed by atoms with E-state index in [2.05, 4.69) is 46.9 Å². The standard InChI is InChI=1S/C14H11BrN6O2/c15-12-6-2-5-11(17-12)14(22)16-9-3-1-4-10(7-9)23-8-13-18-20-21-19-13/h1-7H,8H2,(H,16,22)(H,18,19,20,21). The van der Waals surface area contributed by atoms with Crippen LogP contribution in [0.2, 0.25) is 0 Å². The molecule has 0 aliphatic heterocycles. The van der Waals surface area contributed by atoms with Gasteiger partial charge >= 0.3 is 0 Å². The number of carbonyl (C=O) groups excluding carboxylic acids is 1. The van der Waals surface area contributed by atoms with Gasteiger partial charge in [-0.25, -0.2) is 4.98 Å². The monoisotopic (exact) mass is 374 g/mol. The number of nitrogens with zero attached hydrogens (tertiary/aromatic N) is 4. The molecule has 9 heteroatoms. The smallest absolute Gasteiger partial charge is 0.274 e. The fraction of sp³-hybridized carbons (Fsp3) is 0.0714. The van der Waals surface area contributed by atoms with Crippen molar-refractivity contribution >= 4 is 27.5 Å². The van der Waals surface area contributed by atoms with E-state index in [1.807, 2.05) is 0 Å². The van der Waals surface area contributed by atoms with Gasteiger partial charge < -0.3 is 10.1 Å². The van der Waals surface area contributed by atoms with Crippen LogP contribution in [-0.2, 0) is 6.61 Å². The lowest BCUT2D eigenvalue weighted by Gasteiger charge is -2.08. The Morgan fingerprint density at radius 2 is 2.13 bits per heavy atom. The number of benzene rings is 1. The van der Waals surface area contributed by atoms with E-state index in [4.69, 9.17) is 4.74 Å². The molecule has 3 aromatic rings. The van der Waals surface area contributed by atoms with Crippen LogP contribution in [0.25, 0.3) is 0 Å². The fourth-order valence-electron chi connectivity index (χ4n) is 1.79. The van der Waals surface area contributed by atoms with Crippen molar-refractivity contribution in [3.05, 3.63) is 58.6 Å². The van der Waals surface area contributed by atoms with Gasteiger partial charge in [0.1, 0.15) is 16.0 Å². The highest BCUT2D eigenvalue weighted by molar-refractivity contribution is 9.10. The molecule has 2 aromatic heterocycles. The quantitative estimate of drug-likeness (QED) is 0.663. The maximum absolute atomic E-state index is 12.2. The summed E-state index contributed by atoms with van der Waals surface area (Å²) in [6, 6.07) is 12.1. The first-order valence-corrected chi connectivity index (χ1v) is 7.39. The number of hydrogen-bond acceptors (Lipinski definition) is 6. The van der Waals surface area contributed by atoms with Crippen molar-refractivity contribution in [2.45, 2.75) is 6.61 Å². The molecule has 2 N–H and O–H groups in total. The second-order valence-electron chi connectivity index (χ2n) is 4.44. The largest absolute Gasteiger partial charge is 0.485 e. The number of ether oxygens (including phenoxy) is 1. The zero-order valence-corrected chi connectivity index (χ0v) is 13.3. The molecule has 1 aromatic carbocycles. The second-order valence-corrected chi connectivity index (χ2v) is 5.26. The zero-order chi connectivity index (χ0) is 16.1. The molecule has 2 heterocycles. The van der Waals surface area contributed by atoms with Crippen LogP contribution in [0.1, 0.15) is 16.3 Å². The summed E-state index contributed by atoms with van der Waals surface area (Å²) < 4.78 is 6.14. The average Bonchev–Trinajstić information content (AvgIpc) is 3.07. The molecule has 8 nitrogen and oxygen atoms in total. The average molecular weight is 375 g/mol. The maximum atomic E-state index is 12.2. The molecular formula is C14H11BrN6O2. The molecule has 3 rings (SSSR count).